The van der Waals surface area contributed by atoms with Crippen molar-refractivity contribution >= 4 is 5.96 Å². The zero-order valence-electron chi connectivity index (χ0n) is 15.8. The van der Waals surface area contributed by atoms with E-state index in [9.17, 15) is 4.39 Å². The van der Waals surface area contributed by atoms with Gasteiger partial charge in [0.15, 0.2) is 5.96 Å². The first kappa shape index (κ1) is 19.1. The Balaban J connectivity index is 1.50. The molecule has 26 heavy (non-hydrogen) atoms. The predicted octanol–water partition coefficient (Wildman–Crippen LogP) is 2.18. The van der Waals surface area contributed by atoms with Crippen LogP contribution in [0.25, 0.3) is 0 Å². The van der Waals surface area contributed by atoms with E-state index in [1.807, 2.05) is 6.07 Å². The summed E-state index contributed by atoms with van der Waals surface area (Å²) in [5.74, 6) is 0.628. The Morgan fingerprint density at radius 2 is 2.00 bits per heavy atom. The SMILES string of the molecule is CN=C(NCCc1cccc(F)c1)NCC1(N2CCCC2)CCOCC1. The summed E-state index contributed by atoms with van der Waals surface area (Å²) < 4.78 is 18.9. The van der Waals surface area contributed by atoms with Crippen LogP contribution in [0.4, 0.5) is 4.39 Å². The fourth-order valence-electron chi connectivity index (χ4n) is 4.03. The van der Waals surface area contributed by atoms with Gasteiger partial charge < -0.3 is 15.4 Å². The van der Waals surface area contributed by atoms with Crippen molar-refractivity contribution < 1.29 is 9.13 Å². The molecular formula is C20H31FN4O. The molecule has 1 aromatic rings. The van der Waals surface area contributed by atoms with Gasteiger partial charge in [-0.2, -0.15) is 0 Å². The lowest BCUT2D eigenvalue weighted by Gasteiger charge is -2.45. The van der Waals surface area contributed by atoms with E-state index in [4.69, 9.17) is 4.74 Å². The molecule has 1 aromatic carbocycles. The number of hydrogen-bond donors (Lipinski definition) is 2. The molecule has 0 spiro atoms. The molecule has 0 radical (unpaired) electrons. The summed E-state index contributed by atoms with van der Waals surface area (Å²) in [6.45, 7) is 5.66. The number of rotatable bonds is 6. The van der Waals surface area contributed by atoms with Crippen LogP contribution >= 0.6 is 0 Å². The molecule has 2 heterocycles. The normalized spacial score (nSPS) is 20.9. The van der Waals surface area contributed by atoms with Gasteiger partial charge >= 0.3 is 0 Å². The molecule has 0 saturated carbocycles. The maximum Gasteiger partial charge on any atom is 0.191 e. The minimum Gasteiger partial charge on any atom is -0.381 e. The lowest BCUT2D eigenvalue weighted by atomic mass is 9.88. The zero-order chi connectivity index (χ0) is 18.2. The first-order valence-corrected chi connectivity index (χ1v) is 9.74. The quantitative estimate of drug-likeness (QED) is 0.602. The van der Waals surface area contributed by atoms with Crippen LogP contribution in [-0.4, -0.2) is 62.8 Å². The summed E-state index contributed by atoms with van der Waals surface area (Å²) in [7, 11) is 1.80. The Labute approximate surface area is 156 Å². The summed E-state index contributed by atoms with van der Waals surface area (Å²) in [4.78, 5) is 6.99. The first-order chi connectivity index (χ1) is 12.7. The van der Waals surface area contributed by atoms with E-state index >= 15 is 0 Å². The number of nitrogens with one attached hydrogen (secondary N) is 2. The summed E-state index contributed by atoms with van der Waals surface area (Å²) in [6, 6.07) is 6.76. The lowest BCUT2D eigenvalue weighted by Crippen LogP contribution is -2.58. The number of guanidine groups is 1. The molecule has 0 unspecified atom stereocenters. The summed E-state index contributed by atoms with van der Waals surface area (Å²) >= 11 is 0. The van der Waals surface area contributed by atoms with E-state index in [2.05, 4.69) is 20.5 Å². The summed E-state index contributed by atoms with van der Waals surface area (Å²) in [5, 5.41) is 6.87. The van der Waals surface area contributed by atoms with Crippen LogP contribution < -0.4 is 10.6 Å². The van der Waals surface area contributed by atoms with Crippen molar-refractivity contribution in [2.24, 2.45) is 4.99 Å². The third kappa shape index (κ3) is 4.95. The van der Waals surface area contributed by atoms with Crippen LogP contribution in [0.1, 0.15) is 31.2 Å². The molecule has 2 aliphatic heterocycles. The van der Waals surface area contributed by atoms with Crippen LogP contribution in [0.2, 0.25) is 0 Å². The number of benzene rings is 1. The smallest absolute Gasteiger partial charge is 0.191 e. The van der Waals surface area contributed by atoms with Crippen LogP contribution in [0.5, 0.6) is 0 Å². The first-order valence-electron chi connectivity index (χ1n) is 9.74. The average molecular weight is 362 g/mol. The number of ether oxygens (including phenoxy) is 1. The van der Waals surface area contributed by atoms with Crippen molar-refractivity contribution in [2.45, 2.75) is 37.6 Å². The minimum absolute atomic E-state index is 0.176. The van der Waals surface area contributed by atoms with E-state index in [0.717, 1.165) is 57.1 Å². The highest BCUT2D eigenvalue weighted by Crippen LogP contribution is 2.30. The predicted molar refractivity (Wildman–Crippen MR) is 103 cm³/mol. The number of aliphatic imine (C=N–C) groups is 1. The number of halogens is 1. The highest BCUT2D eigenvalue weighted by atomic mass is 19.1. The Morgan fingerprint density at radius 3 is 2.69 bits per heavy atom. The molecule has 144 valence electrons. The lowest BCUT2D eigenvalue weighted by molar-refractivity contribution is -0.0164. The third-order valence-electron chi connectivity index (χ3n) is 5.60. The van der Waals surface area contributed by atoms with Crippen molar-refractivity contribution in [2.75, 3.05) is 46.4 Å². The Kier molecular flexibility index (Phi) is 6.86. The van der Waals surface area contributed by atoms with Crippen LogP contribution in [0.3, 0.4) is 0 Å². The van der Waals surface area contributed by atoms with Gasteiger partial charge in [0.2, 0.25) is 0 Å². The van der Waals surface area contributed by atoms with E-state index < -0.39 is 0 Å². The topological polar surface area (TPSA) is 48.9 Å². The summed E-state index contributed by atoms with van der Waals surface area (Å²) in [5.41, 5.74) is 1.17. The standard InChI is InChI=1S/C20H31FN4O/c1-22-19(23-10-7-17-5-4-6-18(21)15-17)24-16-20(8-13-26-14-9-20)25-11-2-3-12-25/h4-6,15H,2-3,7-14,16H2,1H3,(H2,22,23,24). The molecule has 0 amide bonds. The number of hydrogen-bond acceptors (Lipinski definition) is 3. The van der Waals surface area contributed by atoms with Gasteiger partial charge in [0.05, 0.1) is 0 Å². The van der Waals surface area contributed by atoms with Gasteiger partial charge in [-0.3, -0.25) is 9.89 Å². The van der Waals surface area contributed by atoms with Gasteiger partial charge in [0.25, 0.3) is 0 Å². The van der Waals surface area contributed by atoms with Gasteiger partial charge in [0.1, 0.15) is 5.82 Å². The van der Waals surface area contributed by atoms with Gasteiger partial charge in [-0.05, 0) is 62.9 Å². The summed E-state index contributed by atoms with van der Waals surface area (Å²) in [6.07, 6.45) is 5.50. The second-order valence-corrected chi connectivity index (χ2v) is 7.26. The molecule has 5 nitrogen and oxygen atoms in total. The molecule has 0 bridgehead atoms. The maximum absolute atomic E-state index is 13.3. The van der Waals surface area contributed by atoms with Crippen molar-refractivity contribution in [3.8, 4) is 0 Å². The molecule has 3 rings (SSSR count). The Morgan fingerprint density at radius 1 is 1.23 bits per heavy atom. The van der Waals surface area contributed by atoms with Crippen molar-refractivity contribution in [1.82, 2.24) is 15.5 Å². The second-order valence-electron chi connectivity index (χ2n) is 7.26. The number of nitrogens with zero attached hydrogens (tertiary/aromatic N) is 2. The highest BCUT2D eigenvalue weighted by molar-refractivity contribution is 5.79. The molecule has 6 heteroatoms. The Bertz CT molecular complexity index is 595. The molecular weight excluding hydrogens is 331 g/mol. The van der Waals surface area contributed by atoms with Crippen molar-refractivity contribution in [3.05, 3.63) is 35.6 Å². The average Bonchev–Trinajstić information content (AvgIpc) is 3.21. The van der Waals surface area contributed by atoms with Crippen molar-refractivity contribution in [1.29, 1.82) is 0 Å². The third-order valence-corrected chi connectivity index (χ3v) is 5.60. The van der Waals surface area contributed by atoms with Crippen LogP contribution in [-0.2, 0) is 11.2 Å². The van der Waals surface area contributed by atoms with Gasteiger partial charge in [-0.25, -0.2) is 4.39 Å². The second kappa shape index (κ2) is 9.33. The van der Waals surface area contributed by atoms with E-state index in [0.29, 0.717) is 0 Å². The van der Waals surface area contributed by atoms with Gasteiger partial charge in [-0.1, -0.05) is 12.1 Å². The van der Waals surface area contributed by atoms with Crippen molar-refractivity contribution in [3.63, 3.8) is 0 Å². The zero-order valence-corrected chi connectivity index (χ0v) is 15.8. The molecule has 0 atom stereocenters. The van der Waals surface area contributed by atoms with E-state index in [-0.39, 0.29) is 11.4 Å². The molecule has 0 aromatic heterocycles. The molecule has 2 N–H and O–H groups in total. The highest BCUT2D eigenvalue weighted by Gasteiger charge is 2.39. The molecule has 2 fully saturated rings. The van der Waals surface area contributed by atoms with Gasteiger partial charge in [-0.15, -0.1) is 0 Å². The number of likely N-dealkylation sites (tertiary alicyclic amines) is 1. The molecule has 2 aliphatic rings. The molecule has 0 aliphatic carbocycles. The molecule has 2 saturated heterocycles. The van der Waals surface area contributed by atoms with Gasteiger partial charge in [0, 0.05) is 38.9 Å². The fraction of sp³-hybridized carbons (Fsp3) is 0.650. The van der Waals surface area contributed by atoms with Crippen LogP contribution in [0, 0.1) is 5.82 Å². The largest absolute Gasteiger partial charge is 0.381 e. The minimum atomic E-state index is -0.183. The maximum atomic E-state index is 13.3. The van der Waals surface area contributed by atoms with E-state index in [1.165, 1.54) is 32.0 Å². The fourth-order valence-corrected chi connectivity index (χ4v) is 4.03. The monoisotopic (exact) mass is 362 g/mol. The van der Waals surface area contributed by atoms with Crippen LogP contribution in [0.15, 0.2) is 29.3 Å². The Hall–Kier alpha value is -1.66. The van der Waals surface area contributed by atoms with E-state index in [1.54, 1.807) is 19.2 Å².